The number of hydrogen-bond acceptors (Lipinski definition) is 6. The minimum atomic E-state index is -0.325. The number of ether oxygens (including phenoxy) is 1. The van der Waals surface area contributed by atoms with Gasteiger partial charge in [-0.15, -0.1) is 0 Å². The van der Waals surface area contributed by atoms with E-state index in [1.165, 1.54) is 4.68 Å². The second-order valence-electron chi connectivity index (χ2n) is 5.45. The summed E-state index contributed by atoms with van der Waals surface area (Å²) in [6.07, 6.45) is 4.80. The summed E-state index contributed by atoms with van der Waals surface area (Å²) in [5.41, 5.74) is 0.970. The lowest BCUT2D eigenvalue weighted by Gasteiger charge is -2.02. The third-order valence-electron chi connectivity index (χ3n) is 3.85. The first-order chi connectivity index (χ1) is 12.8. The molecule has 4 rings (SSSR count). The van der Waals surface area contributed by atoms with Gasteiger partial charge in [0.25, 0.3) is 11.9 Å². The molecule has 8 nitrogen and oxygen atoms in total. The Hall–Kier alpha value is -3.68. The fourth-order valence-electron chi connectivity index (χ4n) is 2.61. The van der Waals surface area contributed by atoms with Crippen LogP contribution >= 0.6 is 0 Å². The van der Waals surface area contributed by atoms with Crippen molar-refractivity contribution < 1.29 is 13.9 Å². The van der Waals surface area contributed by atoms with E-state index in [-0.39, 0.29) is 18.1 Å². The van der Waals surface area contributed by atoms with Crippen molar-refractivity contribution in [3.8, 4) is 11.7 Å². The van der Waals surface area contributed by atoms with E-state index in [1.54, 1.807) is 56.1 Å². The summed E-state index contributed by atoms with van der Waals surface area (Å²) >= 11 is 0. The molecule has 0 atom stereocenters. The van der Waals surface area contributed by atoms with Crippen molar-refractivity contribution in [3.05, 3.63) is 66.5 Å². The predicted molar refractivity (Wildman–Crippen MR) is 93.1 cm³/mol. The number of carbonyl (C=O) groups is 1. The van der Waals surface area contributed by atoms with Crippen LogP contribution in [0.5, 0.6) is 5.75 Å². The van der Waals surface area contributed by atoms with Gasteiger partial charge in [-0.05, 0) is 36.4 Å². The van der Waals surface area contributed by atoms with Crippen LogP contribution in [0, 0.1) is 0 Å². The molecule has 4 aromatic rings. The SMILES string of the molecule is COc1ccc2c(c1)c(C(=O)NCc1ccco1)nn2-c1ncccn1. The summed E-state index contributed by atoms with van der Waals surface area (Å²) in [6, 6.07) is 10.7. The lowest BCUT2D eigenvalue weighted by Crippen LogP contribution is -2.23. The number of aromatic nitrogens is 4. The van der Waals surface area contributed by atoms with Crippen molar-refractivity contribution in [1.29, 1.82) is 0 Å². The molecular formula is C18H15N5O3. The molecule has 0 fully saturated rings. The van der Waals surface area contributed by atoms with Gasteiger partial charge in [0.2, 0.25) is 0 Å². The van der Waals surface area contributed by atoms with Gasteiger partial charge in [-0.1, -0.05) is 0 Å². The second-order valence-corrected chi connectivity index (χ2v) is 5.45. The highest BCUT2D eigenvalue weighted by Crippen LogP contribution is 2.25. The number of rotatable bonds is 5. The number of carbonyl (C=O) groups excluding carboxylic acids is 1. The highest BCUT2D eigenvalue weighted by molar-refractivity contribution is 6.05. The molecule has 3 aromatic heterocycles. The van der Waals surface area contributed by atoms with Crippen LogP contribution < -0.4 is 10.1 Å². The molecule has 26 heavy (non-hydrogen) atoms. The molecule has 0 aliphatic rings. The third kappa shape index (κ3) is 2.88. The maximum absolute atomic E-state index is 12.7. The van der Waals surface area contributed by atoms with Crippen molar-refractivity contribution in [2.24, 2.45) is 0 Å². The Morgan fingerprint density at radius 2 is 2.08 bits per heavy atom. The molecule has 0 aliphatic carbocycles. The van der Waals surface area contributed by atoms with Crippen molar-refractivity contribution in [2.75, 3.05) is 7.11 Å². The minimum absolute atomic E-state index is 0.262. The van der Waals surface area contributed by atoms with E-state index >= 15 is 0 Å². The van der Waals surface area contributed by atoms with E-state index in [0.29, 0.717) is 28.4 Å². The summed E-state index contributed by atoms with van der Waals surface area (Å²) in [5, 5.41) is 7.88. The first-order valence-electron chi connectivity index (χ1n) is 7.91. The second kappa shape index (κ2) is 6.67. The first kappa shape index (κ1) is 15.8. The highest BCUT2D eigenvalue weighted by Gasteiger charge is 2.20. The number of nitrogens with zero attached hydrogens (tertiary/aromatic N) is 4. The first-order valence-corrected chi connectivity index (χ1v) is 7.91. The van der Waals surface area contributed by atoms with Gasteiger partial charge in [-0.3, -0.25) is 4.79 Å². The van der Waals surface area contributed by atoms with Crippen molar-refractivity contribution in [1.82, 2.24) is 25.1 Å². The summed E-state index contributed by atoms with van der Waals surface area (Å²) < 4.78 is 12.1. The van der Waals surface area contributed by atoms with Gasteiger partial charge < -0.3 is 14.5 Å². The lowest BCUT2D eigenvalue weighted by atomic mass is 10.2. The number of methoxy groups -OCH3 is 1. The van der Waals surface area contributed by atoms with Crippen LogP contribution in [0.25, 0.3) is 16.9 Å². The number of benzene rings is 1. The molecule has 0 unspecified atom stereocenters. The standard InChI is InChI=1S/C18H15N5O3/c1-25-12-5-6-15-14(10-12)16(17(24)21-11-13-4-2-9-26-13)22-23(15)18-19-7-3-8-20-18/h2-10H,11H2,1H3,(H,21,24). The Kier molecular flexibility index (Phi) is 4.06. The molecule has 8 heteroatoms. The monoisotopic (exact) mass is 349 g/mol. The average molecular weight is 349 g/mol. The fraction of sp³-hybridized carbons (Fsp3) is 0.111. The predicted octanol–water partition coefficient (Wildman–Crippen LogP) is 2.35. The Morgan fingerprint density at radius 3 is 2.81 bits per heavy atom. The minimum Gasteiger partial charge on any atom is -0.497 e. The molecule has 0 bridgehead atoms. The Labute approximate surface area is 148 Å². The van der Waals surface area contributed by atoms with E-state index in [9.17, 15) is 4.79 Å². The molecule has 3 heterocycles. The lowest BCUT2D eigenvalue weighted by molar-refractivity contribution is 0.0944. The number of amides is 1. The quantitative estimate of drug-likeness (QED) is 0.594. The molecule has 1 aromatic carbocycles. The van der Waals surface area contributed by atoms with Crippen LogP contribution in [-0.2, 0) is 6.54 Å². The largest absolute Gasteiger partial charge is 0.497 e. The summed E-state index contributed by atoms with van der Waals surface area (Å²) in [6.45, 7) is 0.270. The Balaban J connectivity index is 1.76. The maximum Gasteiger partial charge on any atom is 0.272 e. The summed E-state index contributed by atoms with van der Waals surface area (Å²) in [4.78, 5) is 21.1. The van der Waals surface area contributed by atoms with E-state index in [0.717, 1.165) is 0 Å². The van der Waals surface area contributed by atoms with Gasteiger partial charge in [0.15, 0.2) is 5.69 Å². The van der Waals surface area contributed by atoms with Crippen LogP contribution in [0.2, 0.25) is 0 Å². The third-order valence-corrected chi connectivity index (χ3v) is 3.85. The molecular weight excluding hydrogens is 334 g/mol. The van der Waals surface area contributed by atoms with Gasteiger partial charge >= 0.3 is 0 Å². The van der Waals surface area contributed by atoms with Crippen LogP contribution in [0.15, 0.2) is 59.5 Å². The number of furan rings is 1. The number of nitrogens with one attached hydrogen (secondary N) is 1. The molecule has 130 valence electrons. The van der Waals surface area contributed by atoms with Crippen molar-refractivity contribution in [2.45, 2.75) is 6.54 Å². The molecule has 1 amide bonds. The van der Waals surface area contributed by atoms with Crippen molar-refractivity contribution in [3.63, 3.8) is 0 Å². The zero-order valence-corrected chi connectivity index (χ0v) is 13.9. The fourth-order valence-corrected chi connectivity index (χ4v) is 2.61. The van der Waals surface area contributed by atoms with Gasteiger partial charge in [-0.25, -0.2) is 9.97 Å². The van der Waals surface area contributed by atoms with E-state index in [4.69, 9.17) is 9.15 Å². The van der Waals surface area contributed by atoms with E-state index in [1.807, 2.05) is 6.07 Å². The molecule has 0 saturated heterocycles. The Morgan fingerprint density at radius 1 is 1.23 bits per heavy atom. The van der Waals surface area contributed by atoms with E-state index < -0.39 is 0 Å². The zero-order chi connectivity index (χ0) is 17.9. The summed E-state index contributed by atoms with van der Waals surface area (Å²) in [5.74, 6) is 1.35. The smallest absolute Gasteiger partial charge is 0.272 e. The van der Waals surface area contributed by atoms with Gasteiger partial charge in [-0.2, -0.15) is 9.78 Å². The summed E-state index contributed by atoms with van der Waals surface area (Å²) in [7, 11) is 1.57. The highest BCUT2D eigenvalue weighted by atomic mass is 16.5. The molecule has 0 aliphatic heterocycles. The van der Waals surface area contributed by atoms with Crippen LogP contribution in [-0.4, -0.2) is 32.8 Å². The topological polar surface area (TPSA) is 95.1 Å². The average Bonchev–Trinajstić information content (AvgIpc) is 3.34. The number of fused-ring (bicyclic) bond motifs is 1. The van der Waals surface area contributed by atoms with Crippen LogP contribution in [0.1, 0.15) is 16.2 Å². The van der Waals surface area contributed by atoms with Crippen LogP contribution in [0.3, 0.4) is 0 Å². The molecule has 0 saturated carbocycles. The molecule has 1 N–H and O–H groups in total. The van der Waals surface area contributed by atoms with Gasteiger partial charge in [0, 0.05) is 17.8 Å². The normalized spacial score (nSPS) is 10.8. The number of hydrogen-bond donors (Lipinski definition) is 1. The molecule has 0 spiro atoms. The van der Waals surface area contributed by atoms with Gasteiger partial charge in [0.1, 0.15) is 11.5 Å². The Bertz CT molecular complexity index is 1040. The molecule has 0 radical (unpaired) electrons. The van der Waals surface area contributed by atoms with Crippen molar-refractivity contribution >= 4 is 16.8 Å². The zero-order valence-electron chi connectivity index (χ0n) is 13.9. The van der Waals surface area contributed by atoms with E-state index in [2.05, 4.69) is 20.4 Å². The van der Waals surface area contributed by atoms with Crippen LogP contribution in [0.4, 0.5) is 0 Å². The van der Waals surface area contributed by atoms with Gasteiger partial charge in [0.05, 0.1) is 25.4 Å². The maximum atomic E-state index is 12.7.